The van der Waals surface area contributed by atoms with Crippen LogP contribution >= 0.6 is 11.6 Å². The Morgan fingerprint density at radius 1 is 1.50 bits per heavy atom. The summed E-state index contributed by atoms with van der Waals surface area (Å²) in [6.45, 7) is 1.98. The van der Waals surface area contributed by atoms with Crippen LogP contribution in [0.2, 0.25) is 5.02 Å². The predicted molar refractivity (Wildman–Crippen MR) is 64.4 cm³/mol. The average molecular weight is 235 g/mol. The SMILES string of the molecule is Cc1ccnc2c(CC(N)=O)cc(Cl)cc12. The van der Waals surface area contributed by atoms with Crippen molar-refractivity contribution >= 4 is 28.4 Å². The predicted octanol–water partition coefficient (Wildman–Crippen LogP) is 2.22. The summed E-state index contributed by atoms with van der Waals surface area (Å²) < 4.78 is 0. The van der Waals surface area contributed by atoms with E-state index in [2.05, 4.69) is 4.98 Å². The number of fused-ring (bicyclic) bond motifs is 1. The van der Waals surface area contributed by atoms with Crippen LogP contribution in [0.4, 0.5) is 0 Å². The fourth-order valence-corrected chi connectivity index (χ4v) is 1.99. The van der Waals surface area contributed by atoms with E-state index in [1.807, 2.05) is 19.1 Å². The minimum Gasteiger partial charge on any atom is -0.369 e. The fraction of sp³-hybridized carbons (Fsp3) is 0.167. The lowest BCUT2D eigenvalue weighted by atomic mass is 10.0. The molecule has 2 rings (SSSR count). The number of rotatable bonds is 2. The van der Waals surface area contributed by atoms with Gasteiger partial charge in [-0.2, -0.15) is 0 Å². The van der Waals surface area contributed by atoms with Crippen LogP contribution in [0.15, 0.2) is 24.4 Å². The molecule has 1 heterocycles. The highest BCUT2D eigenvalue weighted by atomic mass is 35.5. The molecule has 16 heavy (non-hydrogen) atoms. The molecule has 2 aromatic rings. The summed E-state index contributed by atoms with van der Waals surface area (Å²) in [6, 6.07) is 5.50. The van der Waals surface area contributed by atoms with Crippen LogP contribution in [0, 0.1) is 6.92 Å². The maximum atomic E-state index is 11.0. The Labute approximate surface area is 98.2 Å². The molecular formula is C12H11ClN2O. The average Bonchev–Trinajstić information content (AvgIpc) is 2.18. The van der Waals surface area contributed by atoms with Gasteiger partial charge in [-0.15, -0.1) is 0 Å². The van der Waals surface area contributed by atoms with Crippen molar-refractivity contribution in [2.75, 3.05) is 0 Å². The molecule has 82 valence electrons. The van der Waals surface area contributed by atoms with Crippen LogP contribution in [-0.2, 0) is 11.2 Å². The van der Waals surface area contributed by atoms with Gasteiger partial charge in [-0.05, 0) is 36.2 Å². The molecule has 0 saturated heterocycles. The highest BCUT2D eigenvalue weighted by molar-refractivity contribution is 6.31. The van der Waals surface area contributed by atoms with Crippen LogP contribution in [0.5, 0.6) is 0 Å². The van der Waals surface area contributed by atoms with Crippen LogP contribution in [0.25, 0.3) is 10.9 Å². The Morgan fingerprint density at radius 2 is 2.25 bits per heavy atom. The topological polar surface area (TPSA) is 56.0 Å². The quantitative estimate of drug-likeness (QED) is 0.866. The third kappa shape index (κ3) is 1.99. The molecule has 1 aromatic carbocycles. The molecule has 0 spiro atoms. The summed E-state index contributed by atoms with van der Waals surface area (Å²) in [5.41, 5.74) is 7.85. The van der Waals surface area contributed by atoms with E-state index in [9.17, 15) is 4.79 Å². The van der Waals surface area contributed by atoms with Gasteiger partial charge in [-0.3, -0.25) is 9.78 Å². The Kier molecular flexibility index (Phi) is 2.79. The van der Waals surface area contributed by atoms with Crippen LogP contribution in [0.1, 0.15) is 11.1 Å². The zero-order chi connectivity index (χ0) is 11.7. The summed E-state index contributed by atoms with van der Waals surface area (Å²) in [7, 11) is 0. The second-order valence-corrected chi connectivity index (χ2v) is 4.17. The van der Waals surface area contributed by atoms with Gasteiger partial charge in [-0.25, -0.2) is 0 Å². The van der Waals surface area contributed by atoms with E-state index >= 15 is 0 Å². The highest BCUT2D eigenvalue weighted by Crippen LogP contribution is 2.25. The van der Waals surface area contributed by atoms with E-state index in [0.717, 1.165) is 22.0 Å². The molecule has 0 bridgehead atoms. The van der Waals surface area contributed by atoms with E-state index in [1.54, 1.807) is 12.3 Å². The first kappa shape index (κ1) is 10.9. The Hall–Kier alpha value is -1.61. The number of carbonyl (C=O) groups excluding carboxylic acids is 1. The molecule has 0 fully saturated rings. The maximum absolute atomic E-state index is 11.0. The highest BCUT2D eigenvalue weighted by Gasteiger charge is 2.08. The largest absolute Gasteiger partial charge is 0.369 e. The minimum atomic E-state index is -0.383. The summed E-state index contributed by atoms with van der Waals surface area (Å²) >= 11 is 6.00. The van der Waals surface area contributed by atoms with Crippen molar-refractivity contribution < 1.29 is 4.79 Å². The number of aryl methyl sites for hydroxylation is 1. The van der Waals surface area contributed by atoms with E-state index in [1.165, 1.54) is 0 Å². The molecule has 0 atom stereocenters. The molecule has 1 aromatic heterocycles. The molecule has 0 saturated carbocycles. The number of amides is 1. The summed E-state index contributed by atoms with van der Waals surface area (Å²) in [6.07, 6.45) is 1.88. The van der Waals surface area contributed by atoms with Gasteiger partial charge in [0.05, 0.1) is 11.9 Å². The van der Waals surface area contributed by atoms with E-state index in [4.69, 9.17) is 17.3 Å². The molecule has 0 unspecified atom stereocenters. The molecule has 0 aliphatic heterocycles. The summed E-state index contributed by atoms with van der Waals surface area (Å²) in [4.78, 5) is 15.2. The molecular weight excluding hydrogens is 224 g/mol. The Balaban J connectivity index is 2.72. The van der Waals surface area contributed by atoms with Crippen LogP contribution < -0.4 is 5.73 Å². The Bertz CT molecular complexity index is 566. The first-order valence-electron chi connectivity index (χ1n) is 4.90. The van der Waals surface area contributed by atoms with E-state index in [0.29, 0.717) is 5.02 Å². The van der Waals surface area contributed by atoms with Gasteiger partial charge in [0.1, 0.15) is 0 Å². The Morgan fingerprint density at radius 3 is 2.94 bits per heavy atom. The lowest BCUT2D eigenvalue weighted by Gasteiger charge is -2.07. The van der Waals surface area contributed by atoms with E-state index < -0.39 is 0 Å². The van der Waals surface area contributed by atoms with Crippen LogP contribution in [0.3, 0.4) is 0 Å². The van der Waals surface area contributed by atoms with Gasteiger partial charge in [0.2, 0.25) is 5.91 Å². The number of halogens is 1. The normalized spacial score (nSPS) is 10.6. The molecule has 3 nitrogen and oxygen atoms in total. The lowest BCUT2D eigenvalue weighted by Crippen LogP contribution is -2.14. The maximum Gasteiger partial charge on any atom is 0.221 e. The van der Waals surface area contributed by atoms with Crippen molar-refractivity contribution in [1.82, 2.24) is 4.98 Å². The van der Waals surface area contributed by atoms with Crippen molar-refractivity contribution in [2.45, 2.75) is 13.3 Å². The second kappa shape index (κ2) is 4.10. The van der Waals surface area contributed by atoms with Gasteiger partial charge in [-0.1, -0.05) is 11.6 Å². The lowest BCUT2D eigenvalue weighted by molar-refractivity contribution is -0.117. The number of benzene rings is 1. The second-order valence-electron chi connectivity index (χ2n) is 3.73. The van der Waals surface area contributed by atoms with Crippen molar-refractivity contribution in [2.24, 2.45) is 5.73 Å². The molecule has 4 heteroatoms. The zero-order valence-electron chi connectivity index (χ0n) is 8.83. The van der Waals surface area contributed by atoms with E-state index in [-0.39, 0.29) is 12.3 Å². The van der Waals surface area contributed by atoms with Gasteiger partial charge in [0.15, 0.2) is 0 Å². The fourth-order valence-electron chi connectivity index (χ4n) is 1.74. The molecule has 0 aliphatic carbocycles. The number of nitrogens with zero attached hydrogens (tertiary/aromatic N) is 1. The van der Waals surface area contributed by atoms with Crippen molar-refractivity contribution in [3.63, 3.8) is 0 Å². The smallest absolute Gasteiger partial charge is 0.221 e. The van der Waals surface area contributed by atoms with Crippen molar-refractivity contribution in [3.05, 3.63) is 40.5 Å². The zero-order valence-corrected chi connectivity index (χ0v) is 9.58. The van der Waals surface area contributed by atoms with Gasteiger partial charge in [0, 0.05) is 16.6 Å². The molecule has 2 N–H and O–H groups in total. The number of aromatic nitrogens is 1. The first-order valence-corrected chi connectivity index (χ1v) is 5.28. The van der Waals surface area contributed by atoms with Crippen molar-refractivity contribution in [1.29, 1.82) is 0 Å². The standard InChI is InChI=1S/C12H11ClN2O/c1-7-2-3-15-12-8(5-11(14)16)4-9(13)6-10(7)12/h2-4,6H,5H2,1H3,(H2,14,16). The summed E-state index contributed by atoms with van der Waals surface area (Å²) in [5.74, 6) is -0.383. The number of nitrogens with two attached hydrogens (primary N) is 1. The monoisotopic (exact) mass is 234 g/mol. The molecule has 0 aliphatic rings. The number of hydrogen-bond acceptors (Lipinski definition) is 2. The van der Waals surface area contributed by atoms with Gasteiger partial charge >= 0.3 is 0 Å². The number of pyridine rings is 1. The van der Waals surface area contributed by atoms with Crippen LogP contribution in [-0.4, -0.2) is 10.9 Å². The number of carbonyl (C=O) groups is 1. The molecule has 1 amide bonds. The third-order valence-corrected chi connectivity index (χ3v) is 2.69. The van der Waals surface area contributed by atoms with Crippen molar-refractivity contribution in [3.8, 4) is 0 Å². The van der Waals surface area contributed by atoms with Gasteiger partial charge < -0.3 is 5.73 Å². The summed E-state index contributed by atoms with van der Waals surface area (Å²) in [5, 5.41) is 1.56. The number of hydrogen-bond donors (Lipinski definition) is 1. The minimum absolute atomic E-state index is 0.160. The number of primary amides is 1. The third-order valence-electron chi connectivity index (χ3n) is 2.47. The van der Waals surface area contributed by atoms with Gasteiger partial charge in [0.25, 0.3) is 0 Å². The molecule has 0 radical (unpaired) electrons. The first-order chi connectivity index (χ1) is 7.58.